The summed E-state index contributed by atoms with van der Waals surface area (Å²) < 4.78 is 0. The Hall–Kier alpha value is -4.93. The standard InChI is InChI=1S/C30H34N6O5/c1-2-32-30(41)34-25-18-22(29(40)33-24(19-28(38)39)23-9-6-12-31-20-23)10-11-26(25)35-13-15-36(16-14-35)27(37)17-21-7-4-3-5-8-21/h3-12,18,20,24H,2,13-17,19H2,1H3,(H,33,40)(H,38,39)(H2,32,34,41). The molecule has 1 saturated heterocycles. The number of pyridine rings is 1. The van der Waals surface area contributed by atoms with Crippen molar-refractivity contribution < 1.29 is 24.3 Å². The van der Waals surface area contributed by atoms with E-state index in [1.54, 1.807) is 43.5 Å². The first-order valence-corrected chi connectivity index (χ1v) is 13.5. The van der Waals surface area contributed by atoms with Gasteiger partial charge in [-0.2, -0.15) is 0 Å². The number of rotatable bonds is 10. The number of benzene rings is 2. The maximum absolute atomic E-state index is 13.2. The summed E-state index contributed by atoms with van der Waals surface area (Å²) in [6, 6.07) is 16.8. The Labute approximate surface area is 238 Å². The minimum Gasteiger partial charge on any atom is -0.481 e. The molecule has 214 valence electrons. The molecule has 0 radical (unpaired) electrons. The molecule has 1 unspecified atom stereocenters. The third kappa shape index (κ3) is 8.04. The highest BCUT2D eigenvalue weighted by atomic mass is 16.4. The zero-order chi connectivity index (χ0) is 29.2. The largest absolute Gasteiger partial charge is 0.481 e. The lowest BCUT2D eigenvalue weighted by Gasteiger charge is -2.37. The van der Waals surface area contributed by atoms with Gasteiger partial charge in [-0.05, 0) is 42.3 Å². The van der Waals surface area contributed by atoms with E-state index < -0.39 is 23.9 Å². The minimum atomic E-state index is -1.06. The zero-order valence-corrected chi connectivity index (χ0v) is 22.9. The molecule has 2 aromatic carbocycles. The van der Waals surface area contributed by atoms with Gasteiger partial charge in [0, 0.05) is 50.7 Å². The normalized spacial score (nSPS) is 13.7. The Morgan fingerprint density at radius 2 is 1.73 bits per heavy atom. The molecule has 11 heteroatoms. The Morgan fingerprint density at radius 1 is 0.976 bits per heavy atom. The number of anilines is 2. The Morgan fingerprint density at radius 3 is 2.39 bits per heavy atom. The van der Waals surface area contributed by atoms with E-state index in [0.717, 1.165) is 11.3 Å². The second kappa shape index (κ2) is 13.9. The van der Waals surface area contributed by atoms with Gasteiger partial charge >= 0.3 is 12.0 Å². The quantitative estimate of drug-likeness (QED) is 0.299. The number of carbonyl (C=O) groups excluding carboxylic acids is 3. The third-order valence-corrected chi connectivity index (χ3v) is 6.79. The van der Waals surface area contributed by atoms with Gasteiger partial charge in [0.2, 0.25) is 5.91 Å². The number of carbonyl (C=O) groups is 4. The number of carboxylic acid groups (broad SMARTS) is 1. The van der Waals surface area contributed by atoms with Crippen molar-refractivity contribution in [3.8, 4) is 0 Å². The van der Waals surface area contributed by atoms with Gasteiger partial charge in [0.05, 0.1) is 30.3 Å². The van der Waals surface area contributed by atoms with E-state index in [2.05, 4.69) is 25.8 Å². The van der Waals surface area contributed by atoms with Gasteiger partial charge in [0.1, 0.15) is 0 Å². The van der Waals surface area contributed by atoms with E-state index >= 15 is 0 Å². The van der Waals surface area contributed by atoms with Crippen molar-refractivity contribution in [2.24, 2.45) is 0 Å². The molecule has 2 heterocycles. The van der Waals surface area contributed by atoms with Crippen LogP contribution in [0.1, 0.15) is 40.9 Å². The van der Waals surface area contributed by atoms with E-state index in [1.807, 2.05) is 35.2 Å². The number of amides is 4. The molecule has 0 bridgehead atoms. The molecule has 1 aliphatic heterocycles. The number of carboxylic acids is 1. The number of aliphatic carboxylic acids is 1. The second-order valence-corrected chi connectivity index (χ2v) is 9.66. The first kappa shape index (κ1) is 29.1. The summed E-state index contributed by atoms with van der Waals surface area (Å²) in [5, 5.41) is 17.7. The summed E-state index contributed by atoms with van der Waals surface area (Å²) in [6.45, 7) is 4.38. The van der Waals surface area contributed by atoms with Crippen molar-refractivity contribution in [1.82, 2.24) is 20.5 Å². The molecular formula is C30H34N6O5. The fourth-order valence-corrected chi connectivity index (χ4v) is 4.71. The molecule has 1 atom stereocenters. The first-order valence-electron chi connectivity index (χ1n) is 13.5. The van der Waals surface area contributed by atoms with Crippen LogP contribution < -0.4 is 20.9 Å². The highest BCUT2D eigenvalue weighted by molar-refractivity contribution is 6.00. The van der Waals surface area contributed by atoms with Gasteiger partial charge in [-0.1, -0.05) is 36.4 Å². The number of hydrogen-bond acceptors (Lipinski definition) is 6. The Bertz CT molecular complexity index is 1360. The molecule has 0 aliphatic carbocycles. The fourth-order valence-electron chi connectivity index (χ4n) is 4.71. The summed E-state index contributed by atoms with van der Waals surface area (Å²) in [5.41, 5.74) is 2.95. The molecule has 4 amide bonds. The summed E-state index contributed by atoms with van der Waals surface area (Å²) in [5.74, 6) is -1.48. The molecule has 3 aromatic rings. The van der Waals surface area contributed by atoms with Gasteiger partial charge in [0.25, 0.3) is 5.91 Å². The van der Waals surface area contributed by atoms with Crippen molar-refractivity contribution in [2.75, 3.05) is 42.9 Å². The molecule has 4 rings (SSSR count). The van der Waals surface area contributed by atoms with E-state index in [-0.39, 0.29) is 17.9 Å². The number of urea groups is 1. The highest BCUT2D eigenvalue weighted by Gasteiger charge is 2.25. The van der Waals surface area contributed by atoms with Crippen molar-refractivity contribution in [3.63, 3.8) is 0 Å². The SMILES string of the molecule is CCNC(=O)Nc1cc(C(=O)NC(CC(=O)O)c2cccnc2)ccc1N1CCN(C(=O)Cc2ccccc2)CC1. The van der Waals surface area contributed by atoms with Crippen LogP contribution in [0.5, 0.6) is 0 Å². The maximum atomic E-state index is 13.2. The van der Waals surface area contributed by atoms with Gasteiger partial charge in [-0.3, -0.25) is 19.4 Å². The Kier molecular flexibility index (Phi) is 9.87. The summed E-state index contributed by atoms with van der Waals surface area (Å²) in [7, 11) is 0. The summed E-state index contributed by atoms with van der Waals surface area (Å²) in [6.07, 6.45) is 3.12. The molecule has 4 N–H and O–H groups in total. The van der Waals surface area contributed by atoms with Crippen LogP contribution in [0.25, 0.3) is 0 Å². The first-order chi connectivity index (χ1) is 19.8. The van der Waals surface area contributed by atoms with Crippen molar-refractivity contribution in [3.05, 3.63) is 89.7 Å². The number of aromatic nitrogens is 1. The van der Waals surface area contributed by atoms with Crippen molar-refractivity contribution in [1.29, 1.82) is 0 Å². The van der Waals surface area contributed by atoms with Crippen LogP contribution in [-0.4, -0.2) is 71.5 Å². The van der Waals surface area contributed by atoms with Crippen LogP contribution >= 0.6 is 0 Å². The van der Waals surface area contributed by atoms with E-state index in [9.17, 15) is 24.3 Å². The predicted octanol–water partition coefficient (Wildman–Crippen LogP) is 3.06. The lowest BCUT2D eigenvalue weighted by Crippen LogP contribution is -2.49. The monoisotopic (exact) mass is 558 g/mol. The second-order valence-electron chi connectivity index (χ2n) is 9.66. The molecule has 0 saturated carbocycles. The van der Waals surface area contributed by atoms with Crippen LogP contribution in [0.4, 0.5) is 16.2 Å². The van der Waals surface area contributed by atoms with Gasteiger partial charge in [-0.15, -0.1) is 0 Å². The van der Waals surface area contributed by atoms with Gasteiger partial charge in [0.15, 0.2) is 0 Å². The van der Waals surface area contributed by atoms with E-state index in [4.69, 9.17) is 0 Å². The minimum absolute atomic E-state index is 0.0630. The Balaban J connectivity index is 1.49. The summed E-state index contributed by atoms with van der Waals surface area (Å²) >= 11 is 0. The predicted molar refractivity (Wildman–Crippen MR) is 155 cm³/mol. The van der Waals surface area contributed by atoms with E-state index in [1.165, 1.54) is 6.20 Å². The van der Waals surface area contributed by atoms with Crippen LogP contribution in [0, 0.1) is 0 Å². The average molecular weight is 559 g/mol. The third-order valence-electron chi connectivity index (χ3n) is 6.79. The van der Waals surface area contributed by atoms with Crippen LogP contribution in [0.15, 0.2) is 73.1 Å². The number of hydrogen-bond donors (Lipinski definition) is 4. The number of piperazine rings is 1. The molecule has 11 nitrogen and oxygen atoms in total. The fraction of sp³-hybridized carbons (Fsp3) is 0.300. The smallest absolute Gasteiger partial charge is 0.319 e. The molecule has 1 aromatic heterocycles. The lowest BCUT2D eigenvalue weighted by molar-refractivity contribution is -0.137. The molecule has 0 spiro atoms. The number of nitrogens with zero attached hydrogens (tertiary/aromatic N) is 3. The van der Waals surface area contributed by atoms with Crippen LogP contribution in [0.2, 0.25) is 0 Å². The highest BCUT2D eigenvalue weighted by Crippen LogP contribution is 2.29. The molecular weight excluding hydrogens is 524 g/mol. The molecule has 41 heavy (non-hydrogen) atoms. The van der Waals surface area contributed by atoms with Crippen molar-refractivity contribution >= 4 is 35.2 Å². The topological polar surface area (TPSA) is 144 Å². The zero-order valence-electron chi connectivity index (χ0n) is 22.9. The van der Waals surface area contributed by atoms with Gasteiger partial charge < -0.3 is 30.9 Å². The average Bonchev–Trinajstić information content (AvgIpc) is 2.97. The molecule has 1 fully saturated rings. The van der Waals surface area contributed by atoms with Gasteiger partial charge in [-0.25, -0.2) is 4.79 Å². The van der Waals surface area contributed by atoms with Crippen LogP contribution in [0.3, 0.4) is 0 Å². The van der Waals surface area contributed by atoms with Crippen LogP contribution in [-0.2, 0) is 16.0 Å². The maximum Gasteiger partial charge on any atom is 0.319 e. The number of nitrogens with one attached hydrogen (secondary N) is 3. The lowest BCUT2D eigenvalue weighted by atomic mass is 10.0. The van der Waals surface area contributed by atoms with E-state index in [0.29, 0.717) is 50.4 Å². The van der Waals surface area contributed by atoms with Crippen molar-refractivity contribution in [2.45, 2.75) is 25.8 Å². The summed E-state index contributed by atoms with van der Waals surface area (Å²) in [4.78, 5) is 57.9. The molecule has 1 aliphatic rings.